The second-order valence-electron chi connectivity index (χ2n) is 4.50. The predicted molar refractivity (Wildman–Crippen MR) is 54.5 cm³/mol. The zero-order chi connectivity index (χ0) is 10.5. The minimum atomic E-state index is -0.241. The summed E-state index contributed by atoms with van der Waals surface area (Å²) in [5.74, 6) is -0.163. The Hall–Kier alpha value is -1.22. The highest BCUT2D eigenvalue weighted by Crippen LogP contribution is 2.49. The molecule has 1 aliphatic carbocycles. The van der Waals surface area contributed by atoms with E-state index in [1.54, 1.807) is 6.07 Å². The van der Waals surface area contributed by atoms with Gasteiger partial charge in [0.25, 0.3) is 0 Å². The van der Waals surface area contributed by atoms with E-state index in [-0.39, 0.29) is 17.0 Å². The highest BCUT2D eigenvalue weighted by Gasteiger charge is 2.47. The van der Waals surface area contributed by atoms with Gasteiger partial charge in [0, 0.05) is 17.5 Å². The number of ketones is 1. The Labute approximate surface area is 87.5 Å². The standard InChI is InChI=1S/C12H12FNO/c13-8-1-2-9-10(5-8)12(3-4-12)7-14-6-11(9)15/h1-2,5,14H,3-4,6-7H2. The first-order valence-electron chi connectivity index (χ1n) is 5.25. The Morgan fingerprint density at radius 2 is 2.13 bits per heavy atom. The third kappa shape index (κ3) is 1.30. The van der Waals surface area contributed by atoms with Crippen molar-refractivity contribution in [2.75, 3.05) is 13.1 Å². The molecule has 0 saturated heterocycles. The van der Waals surface area contributed by atoms with Crippen molar-refractivity contribution in [1.82, 2.24) is 5.32 Å². The maximum Gasteiger partial charge on any atom is 0.176 e. The van der Waals surface area contributed by atoms with Crippen molar-refractivity contribution < 1.29 is 9.18 Å². The molecule has 2 nitrogen and oxygen atoms in total. The number of carbonyl (C=O) groups excluding carboxylic acids is 1. The first kappa shape index (κ1) is 9.04. The topological polar surface area (TPSA) is 29.1 Å². The lowest BCUT2D eigenvalue weighted by molar-refractivity contribution is 0.0994. The first-order valence-corrected chi connectivity index (χ1v) is 5.25. The molecule has 0 bridgehead atoms. The van der Waals surface area contributed by atoms with E-state index < -0.39 is 0 Å². The summed E-state index contributed by atoms with van der Waals surface area (Å²) in [4.78, 5) is 11.7. The molecule has 3 heteroatoms. The van der Waals surface area contributed by atoms with Crippen molar-refractivity contribution in [3.8, 4) is 0 Å². The maximum absolute atomic E-state index is 13.2. The van der Waals surface area contributed by atoms with Gasteiger partial charge >= 0.3 is 0 Å². The molecule has 1 aromatic rings. The highest BCUT2D eigenvalue weighted by atomic mass is 19.1. The largest absolute Gasteiger partial charge is 0.309 e. The van der Waals surface area contributed by atoms with Crippen molar-refractivity contribution in [2.45, 2.75) is 18.3 Å². The van der Waals surface area contributed by atoms with Crippen molar-refractivity contribution in [3.05, 3.63) is 35.1 Å². The number of hydrogen-bond acceptors (Lipinski definition) is 2. The lowest BCUT2D eigenvalue weighted by Crippen LogP contribution is -2.26. The molecule has 0 radical (unpaired) electrons. The number of nitrogens with one attached hydrogen (secondary N) is 1. The molecule has 1 spiro atoms. The number of benzene rings is 1. The van der Waals surface area contributed by atoms with E-state index in [1.807, 2.05) is 0 Å². The SMILES string of the molecule is O=C1CNCC2(CC2)c2cc(F)ccc21. The molecule has 1 aliphatic heterocycles. The zero-order valence-electron chi connectivity index (χ0n) is 8.35. The summed E-state index contributed by atoms with van der Waals surface area (Å²) in [6.45, 7) is 1.18. The van der Waals surface area contributed by atoms with Crippen molar-refractivity contribution >= 4 is 5.78 Å². The van der Waals surface area contributed by atoms with Crippen LogP contribution in [0.25, 0.3) is 0 Å². The minimum Gasteiger partial charge on any atom is -0.309 e. The van der Waals surface area contributed by atoms with Gasteiger partial charge in [-0.25, -0.2) is 4.39 Å². The Bertz CT molecular complexity index is 437. The maximum atomic E-state index is 13.2. The molecule has 0 unspecified atom stereocenters. The fraction of sp³-hybridized carbons (Fsp3) is 0.417. The van der Waals surface area contributed by atoms with Gasteiger partial charge in [-0.1, -0.05) is 0 Å². The lowest BCUT2D eigenvalue weighted by Gasteiger charge is -2.14. The second-order valence-corrected chi connectivity index (χ2v) is 4.50. The van der Waals surface area contributed by atoms with Crippen LogP contribution in [0.3, 0.4) is 0 Å². The minimum absolute atomic E-state index is 0.0452. The van der Waals surface area contributed by atoms with Crippen LogP contribution in [0.2, 0.25) is 0 Å². The number of carbonyl (C=O) groups is 1. The van der Waals surface area contributed by atoms with Crippen LogP contribution in [-0.2, 0) is 5.41 Å². The van der Waals surface area contributed by atoms with Gasteiger partial charge in [0.2, 0.25) is 0 Å². The molecule has 3 rings (SSSR count). The van der Waals surface area contributed by atoms with E-state index in [1.165, 1.54) is 12.1 Å². The van der Waals surface area contributed by atoms with E-state index in [4.69, 9.17) is 0 Å². The smallest absolute Gasteiger partial charge is 0.176 e. The van der Waals surface area contributed by atoms with Gasteiger partial charge in [0.15, 0.2) is 5.78 Å². The summed E-state index contributed by atoms with van der Waals surface area (Å²) in [6, 6.07) is 4.53. The summed E-state index contributed by atoms with van der Waals surface area (Å²) in [5, 5.41) is 3.14. The third-order valence-electron chi connectivity index (χ3n) is 3.46. The molecule has 1 saturated carbocycles. The number of rotatable bonds is 0. The summed E-state index contributed by atoms with van der Waals surface area (Å²) >= 11 is 0. The summed E-state index contributed by atoms with van der Waals surface area (Å²) < 4.78 is 13.2. The Balaban J connectivity index is 2.20. The van der Waals surface area contributed by atoms with Crippen molar-refractivity contribution in [3.63, 3.8) is 0 Å². The average molecular weight is 205 g/mol. The highest BCUT2D eigenvalue weighted by molar-refractivity contribution is 6.00. The molecule has 15 heavy (non-hydrogen) atoms. The second kappa shape index (κ2) is 2.89. The van der Waals surface area contributed by atoms with Crippen LogP contribution >= 0.6 is 0 Å². The summed E-state index contributed by atoms with van der Waals surface area (Å²) in [5.41, 5.74) is 1.67. The van der Waals surface area contributed by atoms with E-state index in [0.29, 0.717) is 12.1 Å². The Morgan fingerprint density at radius 3 is 2.87 bits per heavy atom. The predicted octanol–water partition coefficient (Wildman–Crippen LogP) is 1.64. The molecule has 2 aliphatic rings. The van der Waals surface area contributed by atoms with E-state index in [2.05, 4.69) is 5.32 Å². The number of halogens is 1. The van der Waals surface area contributed by atoms with Crippen LogP contribution in [0, 0.1) is 5.82 Å². The third-order valence-corrected chi connectivity index (χ3v) is 3.46. The fourth-order valence-electron chi connectivity index (χ4n) is 2.40. The van der Waals surface area contributed by atoms with Gasteiger partial charge in [-0.05, 0) is 36.6 Å². The molecule has 1 N–H and O–H groups in total. The number of Topliss-reactive ketones (excluding diaryl/α,β-unsaturated/α-hetero) is 1. The van der Waals surface area contributed by atoms with E-state index in [9.17, 15) is 9.18 Å². The van der Waals surface area contributed by atoms with Crippen molar-refractivity contribution in [2.24, 2.45) is 0 Å². The lowest BCUT2D eigenvalue weighted by atomic mass is 9.91. The van der Waals surface area contributed by atoms with Crippen LogP contribution in [-0.4, -0.2) is 18.9 Å². The molecule has 0 amide bonds. The van der Waals surface area contributed by atoms with Crippen LogP contribution in [0.4, 0.5) is 4.39 Å². The molecule has 78 valence electrons. The van der Waals surface area contributed by atoms with E-state index in [0.717, 1.165) is 24.9 Å². The van der Waals surface area contributed by atoms with Gasteiger partial charge in [0.1, 0.15) is 5.82 Å². The normalized spacial score (nSPS) is 22.3. The molecule has 1 aromatic carbocycles. The van der Waals surface area contributed by atoms with Crippen LogP contribution < -0.4 is 5.32 Å². The zero-order valence-corrected chi connectivity index (χ0v) is 8.35. The molecule has 0 atom stereocenters. The van der Waals surface area contributed by atoms with Gasteiger partial charge in [-0.2, -0.15) is 0 Å². The monoisotopic (exact) mass is 205 g/mol. The van der Waals surface area contributed by atoms with Gasteiger partial charge < -0.3 is 5.32 Å². The van der Waals surface area contributed by atoms with Gasteiger partial charge in [-0.15, -0.1) is 0 Å². The van der Waals surface area contributed by atoms with Crippen LogP contribution in [0.15, 0.2) is 18.2 Å². The van der Waals surface area contributed by atoms with Gasteiger partial charge in [-0.3, -0.25) is 4.79 Å². The molecule has 1 fully saturated rings. The molecule has 1 heterocycles. The van der Waals surface area contributed by atoms with E-state index >= 15 is 0 Å². The molecule has 0 aromatic heterocycles. The number of hydrogen-bond donors (Lipinski definition) is 1. The molecular formula is C12H12FNO. The number of fused-ring (bicyclic) bond motifs is 2. The van der Waals surface area contributed by atoms with Gasteiger partial charge in [0.05, 0.1) is 6.54 Å². The van der Waals surface area contributed by atoms with Crippen LogP contribution in [0.5, 0.6) is 0 Å². The Kier molecular flexibility index (Phi) is 1.74. The van der Waals surface area contributed by atoms with Crippen molar-refractivity contribution in [1.29, 1.82) is 0 Å². The fourth-order valence-corrected chi connectivity index (χ4v) is 2.40. The molecular weight excluding hydrogens is 193 g/mol. The summed E-state index contributed by atoms with van der Waals surface area (Å²) in [6.07, 6.45) is 2.12. The quantitative estimate of drug-likeness (QED) is 0.697. The van der Waals surface area contributed by atoms with Crippen LogP contribution in [0.1, 0.15) is 28.8 Å². The average Bonchev–Trinajstić information content (AvgIpc) is 2.99. The first-order chi connectivity index (χ1) is 7.21. The Morgan fingerprint density at radius 1 is 1.33 bits per heavy atom. The summed E-state index contributed by atoms with van der Waals surface area (Å²) in [7, 11) is 0.